The van der Waals surface area contributed by atoms with Gasteiger partial charge in [-0.3, -0.25) is 4.79 Å². The van der Waals surface area contributed by atoms with Gasteiger partial charge in [0.05, 0.1) is 12.1 Å². The van der Waals surface area contributed by atoms with Crippen molar-refractivity contribution in [2.45, 2.75) is 19.4 Å². The van der Waals surface area contributed by atoms with Crippen molar-refractivity contribution in [3.8, 4) is 5.75 Å². The third kappa shape index (κ3) is 3.37. The van der Waals surface area contributed by atoms with E-state index in [1.807, 2.05) is 0 Å². The van der Waals surface area contributed by atoms with Crippen molar-refractivity contribution >= 4 is 23.5 Å². The first-order chi connectivity index (χ1) is 8.49. The van der Waals surface area contributed by atoms with Gasteiger partial charge in [-0.25, -0.2) is 4.79 Å². The summed E-state index contributed by atoms with van der Waals surface area (Å²) >= 11 is 5.92. The van der Waals surface area contributed by atoms with Crippen LogP contribution in [0.1, 0.15) is 24.9 Å². The number of carboxylic acids is 1. The smallest absolute Gasteiger partial charge is 0.330 e. The second-order valence-electron chi connectivity index (χ2n) is 3.59. The Balaban J connectivity index is 3.03. The molecule has 18 heavy (non-hydrogen) atoms. The Morgan fingerprint density at radius 3 is 2.61 bits per heavy atom. The second-order valence-corrected chi connectivity index (χ2v) is 3.99. The Morgan fingerprint density at radius 2 is 2.17 bits per heavy atom. The van der Waals surface area contributed by atoms with Gasteiger partial charge in [0.15, 0.2) is 6.04 Å². The molecule has 0 saturated carbocycles. The number of benzene rings is 1. The van der Waals surface area contributed by atoms with Crippen LogP contribution < -0.4 is 10.1 Å². The van der Waals surface area contributed by atoms with E-state index in [4.69, 9.17) is 21.4 Å². The van der Waals surface area contributed by atoms with Crippen molar-refractivity contribution in [2.24, 2.45) is 0 Å². The molecule has 1 aromatic rings. The lowest BCUT2D eigenvalue weighted by atomic mass is 10.1. The van der Waals surface area contributed by atoms with E-state index in [1.54, 1.807) is 19.1 Å². The predicted octanol–water partition coefficient (Wildman–Crippen LogP) is 2.00. The molecule has 1 rings (SSSR count). The first kappa shape index (κ1) is 14.3. The summed E-state index contributed by atoms with van der Waals surface area (Å²) < 4.78 is 4.98. The maximum absolute atomic E-state index is 11.3. The van der Waals surface area contributed by atoms with Crippen molar-refractivity contribution in [3.05, 3.63) is 28.8 Å². The molecule has 98 valence electrons. The van der Waals surface area contributed by atoms with Gasteiger partial charge in [-0.15, -0.1) is 0 Å². The van der Waals surface area contributed by atoms with E-state index in [9.17, 15) is 9.59 Å². The van der Waals surface area contributed by atoms with E-state index in [2.05, 4.69) is 5.32 Å². The molecular formula is C12H14ClNO4. The molecule has 2 N–H and O–H groups in total. The third-order valence-corrected chi connectivity index (χ3v) is 2.68. The number of hydrogen-bond donors (Lipinski definition) is 2. The van der Waals surface area contributed by atoms with E-state index in [-0.39, 0.29) is 12.3 Å². The van der Waals surface area contributed by atoms with Crippen molar-refractivity contribution in [3.63, 3.8) is 0 Å². The van der Waals surface area contributed by atoms with Crippen molar-refractivity contribution in [1.29, 1.82) is 0 Å². The van der Waals surface area contributed by atoms with E-state index >= 15 is 0 Å². The van der Waals surface area contributed by atoms with Crippen LogP contribution in [0.25, 0.3) is 0 Å². The topological polar surface area (TPSA) is 75.6 Å². The van der Waals surface area contributed by atoms with Crippen LogP contribution in [-0.2, 0) is 9.59 Å². The maximum Gasteiger partial charge on any atom is 0.330 e. The fourth-order valence-electron chi connectivity index (χ4n) is 1.41. The standard InChI is InChI=1S/C12H14ClNO4/c1-3-10(15)14-11(12(16)17)7-4-5-9(18-2)8(13)6-7/h4-6,11H,3H2,1-2H3,(H,14,15)(H,16,17). The van der Waals surface area contributed by atoms with Crippen LogP contribution >= 0.6 is 11.6 Å². The Morgan fingerprint density at radius 1 is 1.50 bits per heavy atom. The molecule has 0 bridgehead atoms. The second kappa shape index (κ2) is 6.26. The summed E-state index contributed by atoms with van der Waals surface area (Å²) in [5.74, 6) is -1.03. The number of halogens is 1. The normalized spacial score (nSPS) is 11.7. The van der Waals surface area contributed by atoms with E-state index in [0.29, 0.717) is 16.3 Å². The molecule has 0 fully saturated rings. The molecule has 0 radical (unpaired) electrons. The van der Waals surface area contributed by atoms with E-state index in [1.165, 1.54) is 13.2 Å². The van der Waals surface area contributed by atoms with Gasteiger partial charge in [-0.1, -0.05) is 24.6 Å². The first-order valence-corrected chi connectivity index (χ1v) is 5.73. The Labute approximate surface area is 110 Å². The highest BCUT2D eigenvalue weighted by Gasteiger charge is 2.22. The zero-order chi connectivity index (χ0) is 13.7. The van der Waals surface area contributed by atoms with Gasteiger partial charge < -0.3 is 15.2 Å². The molecule has 0 aromatic heterocycles. The fourth-order valence-corrected chi connectivity index (χ4v) is 1.68. The number of nitrogens with one attached hydrogen (secondary N) is 1. The SMILES string of the molecule is CCC(=O)NC(C(=O)O)c1ccc(OC)c(Cl)c1. The Hall–Kier alpha value is -1.75. The number of amides is 1. The molecule has 0 heterocycles. The summed E-state index contributed by atoms with van der Waals surface area (Å²) in [7, 11) is 1.47. The molecule has 0 saturated heterocycles. The van der Waals surface area contributed by atoms with Gasteiger partial charge in [-0.05, 0) is 17.7 Å². The lowest BCUT2D eigenvalue weighted by Gasteiger charge is -2.15. The number of methoxy groups -OCH3 is 1. The first-order valence-electron chi connectivity index (χ1n) is 5.35. The summed E-state index contributed by atoms with van der Waals surface area (Å²) in [5, 5.41) is 11.8. The molecule has 1 unspecified atom stereocenters. The quantitative estimate of drug-likeness (QED) is 0.859. The van der Waals surface area contributed by atoms with Crippen LogP contribution in [0.3, 0.4) is 0 Å². The van der Waals surface area contributed by atoms with Crippen molar-refractivity contribution in [1.82, 2.24) is 5.32 Å². The van der Waals surface area contributed by atoms with E-state index < -0.39 is 12.0 Å². The summed E-state index contributed by atoms with van der Waals surface area (Å²) in [6, 6.07) is 3.47. The summed E-state index contributed by atoms with van der Waals surface area (Å²) in [5.41, 5.74) is 0.398. The van der Waals surface area contributed by atoms with Gasteiger partial charge in [0.25, 0.3) is 0 Å². The van der Waals surface area contributed by atoms with Crippen molar-refractivity contribution in [2.75, 3.05) is 7.11 Å². The molecule has 0 aliphatic rings. The van der Waals surface area contributed by atoms with Crippen LogP contribution in [0.2, 0.25) is 5.02 Å². The van der Waals surface area contributed by atoms with Crippen molar-refractivity contribution < 1.29 is 19.4 Å². The van der Waals surface area contributed by atoms with Gasteiger partial charge in [0.1, 0.15) is 5.75 Å². The molecular weight excluding hydrogens is 258 g/mol. The highest BCUT2D eigenvalue weighted by atomic mass is 35.5. The number of aliphatic carboxylic acids is 1. The highest BCUT2D eigenvalue weighted by molar-refractivity contribution is 6.32. The molecule has 0 spiro atoms. The van der Waals surface area contributed by atoms with Gasteiger partial charge in [0, 0.05) is 6.42 Å². The summed E-state index contributed by atoms with van der Waals surface area (Å²) in [6.07, 6.45) is 0.216. The van der Waals surface area contributed by atoms with Gasteiger partial charge in [-0.2, -0.15) is 0 Å². The minimum Gasteiger partial charge on any atom is -0.495 e. The molecule has 1 aromatic carbocycles. The largest absolute Gasteiger partial charge is 0.495 e. The van der Waals surface area contributed by atoms with Gasteiger partial charge in [0.2, 0.25) is 5.91 Å². The van der Waals surface area contributed by atoms with Crippen LogP contribution in [0.4, 0.5) is 0 Å². The highest BCUT2D eigenvalue weighted by Crippen LogP contribution is 2.27. The van der Waals surface area contributed by atoms with E-state index in [0.717, 1.165) is 0 Å². The number of carboxylic acid groups (broad SMARTS) is 1. The number of carbonyl (C=O) groups excluding carboxylic acids is 1. The molecule has 1 atom stereocenters. The molecule has 1 amide bonds. The average Bonchev–Trinajstić information content (AvgIpc) is 2.35. The lowest BCUT2D eigenvalue weighted by Crippen LogP contribution is -2.33. The Kier molecular flexibility index (Phi) is 4.97. The lowest BCUT2D eigenvalue weighted by molar-refractivity contribution is -0.142. The number of ether oxygens (including phenoxy) is 1. The number of carbonyl (C=O) groups is 2. The monoisotopic (exact) mass is 271 g/mol. The zero-order valence-electron chi connectivity index (χ0n) is 10.1. The summed E-state index contributed by atoms with van der Waals surface area (Å²) in [6.45, 7) is 1.65. The third-order valence-electron chi connectivity index (χ3n) is 2.38. The van der Waals surface area contributed by atoms with Crippen LogP contribution in [0.5, 0.6) is 5.75 Å². The number of hydrogen-bond acceptors (Lipinski definition) is 3. The average molecular weight is 272 g/mol. The maximum atomic E-state index is 11.3. The minimum atomic E-state index is -1.14. The predicted molar refractivity (Wildman–Crippen MR) is 66.8 cm³/mol. The molecule has 6 heteroatoms. The molecule has 5 nitrogen and oxygen atoms in total. The Bertz CT molecular complexity index is 461. The van der Waals surface area contributed by atoms with Crippen LogP contribution in [0.15, 0.2) is 18.2 Å². The van der Waals surface area contributed by atoms with Crippen LogP contribution in [-0.4, -0.2) is 24.1 Å². The zero-order valence-corrected chi connectivity index (χ0v) is 10.8. The summed E-state index contributed by atoms with van der Waals surface area (Å²) in [4.78, 5) is 22.4. The molecule has 0 aliphatic carbocycles. The van der Waals surface area contributed by atoms with Crippen LogP contribution in [0, 0.1) is 0 Å². The van der Waals surface area contributed by atoms with Gasteiger partial charge >= 0.3 is 5.97 Å². The fraction of sp³-hybridized carbons (Fsp3) is 0.333. The molecule has 0 aliphatic heterocycles. The minimum absolute atomic E-state index is 0.216. The number of rotatable bonds is 5.